The molecule has 4 rings (SSSR count). The van der Waals surface area contributed by atoms with Crippen LogP contribution in [-0.4, -0.2) is 27.9 Å². The van der Waals surface area contributed by atoms with Gasteiger partial charge in [-0.3, -0.25) is 4.79 Å². The topological polar surface area (TPSA) is 37.3 Å². The van der Waals surface area contributed by atoms with Gasteiger partial charge in [0.25, 0.3) is 0 Å². The fourth-order valence-corrected chi connectivity index (χ4v) is 6.63. The van der Waals surface area contributed by atoms with Crippen LogP contribution in [0, 0.1) is 22.7 Å². The number of alkyl halides is 1. The zero-order valence-electron chi connectivity index (χ0n) is 13.8. The molecule has 1 N–H and O–H groups in total. The van der Waals surface area contributed by atoms with Gasteiger partial charge in [-0.25, -0.2) is 4.39 Å². The second-order valence-electron chi connectivity index (χ2n) is 8.45. The number of carbonyl (C=O) groups is 1. The van der Waals surface area contributed by atoms with Crippen LogP contribution >= 0.6 is 12.6 Å². The number of allylic oxidation sites excluding steroid dienone is 4. The second-order valence-corrected chi connectivity index (χ2v) is 9.07. The Bertz CT molecular complexity index is 629. The quantitative estimate of drug-likeness (QED) is 0.663. The molecule has 0 aromatic carbocycles. The molecule has 0 radical (unpaired) electrons. The van der Waals surface area contributed by atoms with Crippen molar-refractivity contribution in [3.63, 3.8) is 0 Å². The van der Waals surface area contributed by atoms with E-state index in [9.17, 15) is 9.90 Å². The van der Waals surface area contributed by atoms with Gasteiger partial charge in [-0.05, 0) is 62.5 Å². The molecule has 4 heteroatoms. The van der Waals surface area contributed by atoms with Crippen LogP contribution in [0.5, 0.6) is 0 Å². The Kier molecular flexibility index (Phi) is 3.26. The number of halogens is 1. The van der Waals surface area contributed by atoms with Crippen LogP contribution in [0.1, 0.15) is 46.0 Å². The highest BCUT2D eigenvalue weighted by molar-refractivity contribution is 7.81. The maximum Gasteiger partial charge on any atom is 0.178 e. The van der Waals surface area contributed by atoms with E-state index in [2.05, 4.69) is 6.92 Å². The third kappa shape index (κ3) is 1.77. The van der Waals surface area contributed by atoms with E-state index in [-0.39, 0.29) is 28.3 Å². The van der Waals surface area contributed by atoms with E-state index in [0.717, 1.165) is 31.3 Å². The average molecular weight is 336 g/mol. The molecule has 0 saturated heterocycles. The third-order valence-electron chi connectivity index (χ3n) is 7.59. The molecule has 0 aliphatic heterocycles. The Labute approximate surface area is 142 Å². The number of thiol groups is 1. The number of aliphatic hydroxyl groups excluding tert-OH is 1. The highest BCUT2D eigenvalue weighted by Gasteiger charge is 2.69. The summed E-state index contributed by atoms with van der Waals surface area (Å²) in [6.07, 6.45) is 7.70. The van der Waals surface area contributed by atoms with Gasteiger partial charge < -0.3 is 5.11 Å². The van der Waals surface area contributed by atoms with Gasteiger partial charge in [-0.2, -0.15) is 12.6 Å². The normalized spacial score (nSPS) is 55.0. The molecule has 0 unspecified atom stereocenters. The molecule has 4 aliphatic rings. The van der Waals surface area contributed by atoms with Gasteiger partial charge in [0.15, 0.2) is 11.5 Å². The van der Waals surface area contributed by atoms with E-state index >= 15 is 4.39 Å². The number of rotatable bonds is 0. The first kappa shape index (κ1) is 15.9. The van der Waals surface area contributed by atoms with Crippen molar-refractivity contribution >= 4 is 18.4 Å². The SMILES string of the molecule is C[C@]12C[C@H](O)[C@@]3(F)[C@@H](CCC4=CC(=O)C=C[C@@]43C)[C@@H]1CC[C@@H]2S. The van der Waals surface area contributed by atoms with Gasteiger partial charge >= 0.3 is 0 Å². The summed E-state index contributed by atoms with van der Waals surface area (Å²) < 4.78 is 16.5. The summed E-state index contributed by atoms with van der Waals surface area (Å²) in [5.74, 6) is 0.0437. The first-order valence-electron chi connectivity index (χ1n) is 8.73. The van der Waals surface area contributed by atoms with Crippen LogP contribution in [-0.2, 0) is 4.79 Å². The summed E-state index contributed by atoms with van der Waals surface area (Å²) >= 11 is 4.75. The van der Waals surface area contributed by atoms with Crippen molar-refractivity contribution in [2.24, 2.45) is 22.7 Å². The molecule has 0 bridgehead atoms. The highest BCUT2D eigenvalue weighted by atomic mass is 32.1. The summed E-state index contributed by atoms with van der Waals surface area (Å²) in [6.45, 7) is 4.05. The van der Waals surface area contributed by atoms with Gasteiger partial charge in [0.05, 0.1) is 6.10 Å². The number of hydrogen-bond donors (Lipinski definition) is 2. The molecule has 0 amide bonds. The molecule has 4 aliphatic carbocycles. The van der Waals surface area contributed by atoms with E-state index in [1.807, 2.05) is 6.92 Å². The number of fused-ring (bicyclic) bond motifs is 5. The molecule has 3 fully saturated rings. The number of ketones is 1. The molecule has 0 aromatic rings. The van der Waals surface area contributed by atoms with Crippen molar-refractivity contribution in [1.82, 2.24) is 0 Å². The second kappa shape index (κ2) is 4.72. The van der Waals surface area contributed by atoms with Crippen molar-refractivity contribution < 1.29 is 14.3 Å². The predicted octanol–water partition coefficient (Wildman–Crippen LogP) is 3.66. The Morgan fingerprint density at radius 2 is 2.00 bits per heavy atom. The van der Waals surface area contributed by atoms with E-state index in [1.165, 1.54) is 6.08 Å². The zero-order valence-corrected chi connectivity index (χ0v) is 14.7. The van der Waals surface area contributed by atoms with Gasteiger partial charge in [0, 0.05) is 16.6 Å². The lowest BCUT2D eigenvalue weighted by molar-refractivity contribution is -0.188. The fraction of sp³-hybridized carbons (Fsp3) is 0.737. The van der Waals surface area contributed by atoms with Crippen LogP contribution in [0.4, 0.5) is 4.39 Å². The molecular formula is C19H25FO2S. The van der Waals surface area contributed by atoms with Crippen LogP contribution in [0.15, 0.2) is 23.8 Å². The van der Waals surface area contributed by atoms with E-state index in [4.69, 9.17) is 12.6 Å². The molecule has 0 aromatic heterocycles. The lowest BCUT2D eigenvalue weighted by Gasteiger charge is -2.61. The Balaban J connectivity index is 1.83. The van der Waals surface area contributed by atoms with Crippen LogP contribution in [0.2, 0.25) is 0 Å². The molecule has 3 saturated carbocycles. The molecule has 126 valence electrons. The first-order valence-corrected chi connectivity index (χ1v) is 9.24. The monoisotopic (exact) mass is 336 g/mol. The smallest absolute Gasteiger partial charge is 0.178 e. The fourth-order valence-electron chi connectivity index (χ4n) is 6.18. The third-order valence-corrected chi connectivity index (χ3v) is 8.44. The minimum atomic E-state index is -1.68. The van der Waals surface area contributed by atoms with Crippen LogP contribution in [0.3, 0.4) is 0 Å². The van der Waals surface area contributed by atoms with E-state index in [0.29, 0.717) is 6.42 Å². The van der Waals surface area contributed by atoms with Crippen molar-refractivity contribution in [2.45, 2.75) is 63.0 Å². The van der Waals surface area contributed by atoms with Crippen molar-refractivity contribution in [1.29, 1.82) is 0 Å². The number of hydrogen-bond acceptors (Lipinski definition) is 3. The largest absolute Gasteiger partial charge is 0.390 e. The summed E-state index contributed by atoms with van der Waals surface area (Å²) in [6, 6.07) is 0. The summed E-state index contributed by atoms with van der Waals surface area (Å²) in [5, 5.41) is 11.1. The van der Waals surface area contributed by atoms with Gasteiger partial charge in [0.1, 0.15) is 0 Å². The molecule has 0 spiro atoms. The van der Waals surface area contributed by atoms with Crippen molar-refractivity contribution in [3.05, 3.63) is 23.8 Å². The summed E-state index contributed by atoms with van der Waals surface area (Å²) in [7, 11) is 0. The molecule has 7 atom stereocenters. The first-order chi connectivity index (χ1) is 10.7. The predicted molar refractivity (Wildman–Crippen MR) is 91.1 cm³/mol. The highest BCUT2D eigenvalue weighted by Crippen LogP contribution is 2.68. The molecule has 0 heterocycles. The van der Waals surface area contributed by atoms with Crippen LogP contribution < -0.4 is 0 Å². The van der Waals surface area contributed by atoms with Gasteiger partial charge in [-0.1, -0.05) is 18.6 Å². The molecular weight excluding hydrogens is 311 g/mol. The zero-order chi connectivity index (χ0) is 16.6. The number of carbonyl (C=O) groups excluding carboxylic acids is 1. The van der Waals surface area contributed by atoms with Gasteiger partial charge in [0.2, 0.25) is 0 Å². The maximum absolute atomic E-state index is 16.5. The van der Waals surface area contributed by atoms with Crippen molar-refractivity contribution in [3.8, 4) is 0 Å². The van der Waals surface area contributed by atoms with Gasteiger partial charge in [-0.15, -0.1) is 0 Å². The maximum atomic E-state index is 16.5. The lowest BCUT2D eigenvalue weighted by atomic mass is 9.46. The summed E-state index contributed by atoms with van der Waals surface area (Å²) in [4.78, 5) is 11.7. The average Bonchev–Trinajstić information content (AvgIpc) is 2.77. The minimum Gasteiger partial charge on any atom is -0.390 e. The number of aliphatic hydroxyl groups is 1. The summed E-state index contributed by atoms with van der Waals surface area (Å²) in [5.41, 5.74) is -1.78. The molecule has 23 heavy (non-hydrogen) atoms. The lowest BCUT2D eigenvalue weighted by Crippen LogP contribution is -2.66. The Morgan fingerprint density at radius 1 is 1.26 bits per heavy atom. The Morgan fingerprint density at radius 3 is 2.74 bits per heavy atom. The minimum absolute atomic E-state index is 0.0639. The molecule has 2 nitrogen and oxygen atoms in total. The van der Waals surface area contributed by atoms with E-state index < -0.39 is 17.2 Å². The van der Waals surface area contributed by atoms with E-state index in [1.54, 1.807) is 12.2 Å². The van der Waals surface area contributed by atoms with Crippen LogP contribution in [0.25, 0.3) is 0 Å². The Hall–Kier alpha value is -0.610. The van der Waals surface area contributed by atoms with Crippen molar-refractivity contribution in [2.75, 3.05) is 0 Å². The standard InChI is InChI=1S/C19H25FO2S/c1-17-10-15(22)19(20)14(13(17)5-6-16(17)23)4-3-11-9-12(21)7-8-18(11,19)2/h7-9,13-16,22-23H,3-6,10H2,1-2H3/t13-,14-,15-,16-,17-,18-,19-/m0/s1.